The van der Waals surface area contributed by atoms with E-state index < -0.39 is 49.5 Å². The lowest BCUT2D eigenvalue weighted by Crippen LogP contribution is -2.29. The molecule has 2 N–H and O–H groups in total. The van der Waals surface area contributed by atoms with Crippen molar-refractivity contribution in [3.8, 4) is 11.8 Å². The first-order chi connectivity index (χ1) is 9.77. The van der Waals surface area contributed by atoms with Gasteiger partial charge in [0.15, 0.2) is 0 Å². The fourth-order valence-electron chi connectivity index (χ4n) is 1.45. The zero-order valence-electron chi connectivity index (χ0n) is 11.0. The maximum Gasteiger partial charge on any atom is 0.244 e. The fraction of sp³-hybridized carbons (Fsp3) is 0.333. The van der Waals surface area contributed by atoms with Gasteiger partial charge in [0.25, 0.3) is 0 Å². The Morgan fingerprint density at radius 2 is 2.05 bits per heavy atom. The van der Waals surface area contributed by atoms with E-state index in [0.717, 1.165) is 6.07 Å². The lowest BCUT2D eigenvalue weighted by Gasteiger charge is -2.09. The number of benzene rings is 1. The largest absolute Gasteiger partial charge is 0.384 e. The van der Waals surface area contributed by atoms with Gasteiger partial charge in [-0.1, -0.05) is 11.8 Å². The molecule has 0 saturated heterocycles. The lowest BCUT2D eigenvalue weighted by molar-refractivity contribution is 0.350. The summed E-state index contributed by atoms with van der Waals surface area (Å²) in [4.78, 5) is -0.799. The molecule has 0 radical (unpaired) electrons. The first-order valence-electron chi connectivity index (χ1n) is 5.66. The van der Waals surface area contributed by atoms with Crippen LogP contribution >= 0.6 is 0 Å². The molecule has 0 aromatic heterocycles. The highest BCUT2D eigenvalue weighted by Gasteiger charge is 2.23. The van der Waals surface area contributed by atoms with E-state index in [4.69, 9.17) is 5.11 Å². The van der Waals surface area contributed by atoms with E-state index in [-0.39, 0.29) is 12.3 Å². The van der Waals surface area contributed by atoms with Crippen LogP contribution in [0.15, 0.2) is 17.0 Å². The second-order valence-electron chi connectivity index (χ2n) is 3.90. The number of halogens is 2. The Balaban J connectivity index is 3.24. The third-order valence-corrected chi connectivity index (χ3v) is 4.58. The molecule has 116 valence electrons. The summed E-state index contributed by atoms with van der Waals surface area (Å²) in [6.07, 6.45) is 1.39. The number of hydrogen-bond donors (Lipinski definition) is 2. The van der Waals surface area contributed by atoms with Crippen molar-refractivity contribution in [2.75, 3.05) is 25.2 Å². The number of nitrogens with one attached hydrogen (secondary N) is 1. The summed E-state index contributed by atoms with van der Waals surface area (Å²) in [5.41, 5.74) is -0.397. The van der Waals surface area contributed by atoms with E-state index in [1.165, 1.54) is 6.26 Å². The summed E-state index contributed by atoms with van der Waals surface area (Å²) in [7, 11) is -5.49. The van der Waals surface area contributed by atoms with Crippen molar-refractivity contribution in [1.82, 2.24) is 4.72 Å². The minimum absolute atomic E-state index is 0.0553. The second-order valence-corrected chi connectivity index (χ2v) is 7.16. The summed E-state index contributed by atoms with van der Waals surface area (Å²) in [6.45, 7) is -0.741. The van der Waals surface area contributed by atoms with E-state index in [1.807, 2.05) is 0 Å². The molecule has 0 aliphatic carbocycles. The average molecular weight is 337 g/mol. The van der Waals surface area contributed by atoms with E-state index in [9.17, 15) is 21.4 Å². The number of aliphatic hydroxyl groups is 1. The van der Waals surface area contributed by atoms with Crippen LogP contribution in [0.1, 0.15) is 5.56 Å². The summed E-state index contributed by atoms with van der Waals surface area (Å²) < 4.78 is 63.9. The highest BCUT2D eigenvalue weighted by Crippen LogP contribution is 2.20. The molecule has 1 aromatic carbocycles. The maximum absolute atomic E-state index is 13.8. The number of rotatable bonds is 5. The van der Waals surface area contributed by atoms with Crippen LogP contribution in [0.4, 0.5) is 8.78 Å². The van der Waals surface area contributed by atoms with Crippen LogP contribution in [0.3, 0.4) is 0 Å². The summed E-state index contributed by atoms with van der Waals surface area (Å²) in [5, 5.41) is 8.60. The molecule has 21 heavy (non-hydrogen) atoms. The predicted molar refractivity (Wildman–Crippen MR) is 74.4 cm³/mol. The minimum atomic E-state index is -4.27. The van der Waals surface area contributed by atoms with Crippen molar-refractivity contribution in [2.45, 2.75) is 4.90 Å². The first-order valence-corrected chi connectivity index (χ1v) is 8.87. The highest BCUT2D eigenvalue weighted by atomic mass is 32.2. The highest BCUT2D eigenvalue weighted by molar-refractivity contribution is 7.89. The van der Waals surface area contributed by atoms with Gasteiger partial charge in [0.05, 0.1) is 5.56 Å². The smallest absolute Gasteiger partial charge is 0.244 e. The van der Waals surface area contributed by atoms with Crippen molar-refractivity contribution >= 4 is 20.8 Å². The molecular weight excluding hydrogens is 324 g/mol. The topological polar surface area (TPSA) is 83.5 Å². The molecule has 0 fully saturated rings. The van der Waals surface area contributed by atoms with Crippen LogP contribution in [-0.4, -0.2) is 42.9 Å². The molecule has 1 rings (SSSR count). The van der Waals surface area contributed by atoms with Crippen LogP contribution in [0, 0.1) is 23.5 Å². The van der Waals surface area contributed by atoms with Crippen molar-refractivity contribution < 1.29 is 26.5 Å². The van der Waals surface area contributed by atoms with Gasteiger partial charge < -0.3 is 5.11 Å². The quantitative estimate of drug-likeness (QED) is 0.739. The fourth-order valence-corrected chi connectivity index (χ4v) is 3.20. The van der Waals surface area contributed by atoms with Gasteiger partial charge in [-0.2, -0.15) is 0 Å². The van der Waals surface area contributed by atoms with Gasteiger partial charge >= 0.3 is 0 Å². The Morgan fingerprint density at radius 3 is 2.62 bits per heavy atom. The van der Waals surface area contributed by atoms with Gasteiger partial charge in [0.1, 0.15) is 23.1 Å². The van der Waals surface area contributed by atoms with Crippen LogP contribution in [0.5, 0.6) is 0 Å². The molecular formula is C12H13F2NO4S2. The molecule has 0 heterocycles. The number of aliphatic hydroxyl groups excluding tert-OH is 1. The number of hydrogen-bond acceptors (Lipinski definition) is 4. The van der Waals surface area contributed by atoms with Crippen LogP contribution < -0.4 is 4.72 Å². The summed E-state index contributed by atoms with van der Waals surface area (Å²) in [6, 6.07) is 1.19. The molecule has 1 aromatic rings. The summed E-state index contributed by atoms with van der Waals surface area (Å²) in [5.74, 6) is 2.11. The minimum Gasteiger partial charge on any atom is -0.384 e. The Bertz CT molecular complexity index is 708. The number of sulfonamides is 1. The van der Waals surface area contributed by atoms with E-state index in [2.05, 4.69) is 16.6 Å². The molecule has 0 aliphatic heterocycles. The molecule has 9 heteroatoms. The van der Waals surface area contributed by atoms with Gasteiger partial charge in [0.2, 0.25) is 10.0 Å². The molecule has 1 atom stereocenters. The summed E-state index contributed by atoms with van der Waals surface area (Å²) >= 11 is 0. The Hall–Kier alpha value is -1.34. The predicted octanol–water partition coefficient (Wildman–Crippen LogP) is -0.0346. The van der Waals surface area contributed by atoms with Gasteiger partial charge in [0, 0.05) is 35.4 Å². The van der Waals surface area contributed by atoms with Crippen molar-refractivity contribution in [2.24, 2.45) is 0 Å². The Morgan fingerprint density at radius 1 is 1.38 bits per heavy atom. The molecule has 5 nitrogen and oxygen atoms in total. The lowest BCUT2D eigenvalue weighted by atomic mass is 10.2. The van der Waals surface area contributed by atoms with Gasteiger partial charge in [-0.05, 0) is 6.07 Å². The molecule has 1 unspecified atom stereocenters. The van der Waals surface area contributed by atoms with Crippen LogP contribution in [0.2, 0.25) is 0 Å². The monoisotopic (exact) mass is 337 g/mol. The van der Waals surface area contributed by atoms with Crippen molar-refractivity contribution in [3.05, 3.63) is 29.3 Å². The van der Waals surface area contributed by atoms with Gasteiger partial charge in [-0.25, -0.2) is 21.9 Å². The van der Waals surface area contributed by atoms with E-state index in [1.54, 1.807) is 0 Å². The van der Waals surface area contributed by atoms with E-state index in [0.29, 0.717) is 6.07 Å². The zero-order chi connectivity index (χ0) is 16.0. The zero-order valence-corrected chi connectivity index (χ0v) is 12.7. The normalized spacial score (nSPS) is 12.6. The second kappa shape index (κ2) is 7.61. The standard InChI is InChI=1S/C12H13F2NO4S2/c1-20(17)6-4-15-21(18,19)12-9(3-2-5-16)7-10(13)8-11(12)14/h7-8,15-16H,4-6H2,1H3. The maximum atomic E-state index is 13.8. The molecule has 0 saturated carbocycles. The average Bonchev–Trinajstić information content (AvgIpc) is 2.34. The van der Waals surface area contributed by atoms with Crippen LogP contribution in [-0.2, 0) is 20.8 Å². The molecule has 0 spiro atoms. The third-order valence-electron chi connectivity index (χ3n) is 2.26. The van der Waals surface area contributed by atoms with Crippen LogP contribution in [0.25, 0.3) is 0 Å². The van der Waals surface area contributed by atoms with Crippen molar-refractivity contribution in [3.63, 3.8) is 0 Å². The van der Waals surface area contributed by atoms with Gasteiger partial charge in [-0.3, -0.25) is 4.21 Å². The Labute approximate surface area is 123 Å². The van der Waals surface area contributed by atoms with Crippen molar-refractivity contribution in [1.29, 1.82) is 0 Å². The molecule has 0 bridgehead atoms. The Kier molecular flexibility index (Phi) is 6.42. The van der Waals surface area contributed by atoms with Gasteiger partial charge in [-0.15, -0.1) is 0 Å². The third kappa shape index (κ3) is 5.17. The van der Waals surface area contributed by atoms with E-state index >= 15 is 0 Å². The molecule has 0 aliphatic rings. The molecule has 0 amide bonds. The SMILES string of the molecule is CS(=O)CCNS(=O)(=O)c1c(F)cc(F)cc1C#CCO. The first kappa shape index (κ1) is 17.7.